The zero-order valence-electron chi connectivity index (χ0n) is 51.8. The Balaban J connectivity index is 0.00000841. The van der Waals surface area contributed by atoms with Crippen LogP contribution in [0, 0.1) is 26.8 Å². The van der Waals surface area contributed by atoms with Gasteiger partial charge in [-0.3, -0.25) is 9.55 Å². The number of aromatic hydroxyl groups is 1. The molecule has 0 saturated carbocycles. The van der Waals surface area contributed by atoms with Crippen LogP contribution in [0.2, 0.25) is 0 Å². The molecule has 64 heavy (non-hydrogen) atoms. The molecule has 2 aromatic heterocycles. The molecule has 7 aromatic carbocycles. The van der Waals surface area contributed by atoms with Crippen molar-refractivity contribution in [1.82, 2.24) is 14.5 Å². The number of rotatable bonds is 7. The number of nitrogens with zero attached hydrogens (tertiary/aromatic N) is 3. The maximum Gasteiger partial charge on any atom is 0.148 e. The molecule has 9 aromatic rings. The topological polar surface area (TPSA) is 50.9 Å². The van der Waals surface area contributed by atoms with E-state index in [0.717, 1.165) is 22.3 Å². The van der Waals surface area contributed by atoms with Crippen molar-refractivity contribution in [3.8, 4) is 78.6 Å². The Morgan fingerprint density at radius 2 is 1.34 bits per heavy atom. The van der Waals surface area contributed by atoms with Gasteiger partial charge in [-0.25, -0.2) is 4.98 Å². The number of aryl methyl sites for hydroxylation is 3. The predicted molar refractivity (Wildman–Crippen MR) is 264 cm³/mol. The molecule has 5 heteroatoms. The second-order valence-electron chi connectivity index (χ2n) is 17.0. The van der Waals surface area contributed by atoms with Crippen LogP contribution in [-0.4, -0.2) is 19.6 Å². The number of hydrogen-bond donors (Lipinski definition) is 1. The molecule has 322 valence electrons. The quantitative estimate of drug-likeness (QED) is 0.162. The summed E-state index contributed by atoms with van der Waals surface area (Å²) in [5, 5.41) is 11.9. The fourth-order valence-corrected chi connectivity index (χ4v) is 8.01. The van der Waals surface area contributed by atoms with Crippen LogP contribution in [-0.2, 0) is 31.9 Å². The van der Waals surface area contributed by atoms with Crippen LogP contribution in [0.4, 0.5) is 0 Å². The standard InChI is InChI=1S/C59H54N3O.Pt/c1-37-18-27-53(50(31-37)42-21-25-48(26-22-42)59(7,8)9)62-54-17-13-16-49(55(54)61-57(62)51-32-38(2)30-39(3)56(51)63)45-33-44(40-14-11-10-12-15-40)34-46(35-45)52-36-43(28-29-60-52)41-19-23-47(24-20-41)58(4,5)6;/h10-34,36,63H,1-9H3;/q-1;/i1D3,4D3,5D3,6D3,19D,20D,23D,24D;. The van der Waals surface area contributed by atoms with Crippen molar-refractivity contribution in [2.24, 2.45) is 0 Å². The summed E-state index contributed by atoms with van der Waals surface area (Å²) in [5.41, 5.74) is 4.00. The van der Waals surface area contributed by atoms with Gasteiger partial charge in [-0.05, 0) is 106 Å². The SMILES string of the molecule is [2H]c1c([2H])c(C(C([2H])([2H])[2H])(C([2H])([2H])[2H])C([2H])([2H])[2H])c([2H])c([2H])c1-c1ccnc(-c2[c-]c(-c3cccc4c3nc(-c3cc(C)cc(C)c3O)n4-c3ccc(C([2H])([2H])[2H])cc3-c3ccc(C(C)(C)C)cc3)cc(-c3ccccc3)c2)c1.[Pt]. The van der Waals surface area contributed by atoms with Crippen molar-refractivity contribution in [1.29, 1.82) is 0 Å². The van der Waals surface area contributed by atoms with Crippen LogP contribution in [0.3, 0.4) is 0 Å². The molecule has 0 saturated heterocycles. The summed E-state index contributed by atoms with van der Waals surface area (Å²) in [4.78, 5) is 10.0. The van der Waals surface area contributed by atoms with Gasteiger partial charge in [0.05, 0.1) is 27.8 Å². The third kappa shape index (κ3) is 8.65. The minimum Gasteiger partial charge on any atom is -0.507 e. The molecule has 0 spiro atoms. The van der Waals surface area contributed by atoms with E-state index in [0.29, 0.717) is 61.5 Å². The van der Waals surface area contributed by atoms with Crippen LogP contribution >= 0.6 is 0 Å². The van der Waals surface area contributed by atoms with Gasteiger partial charge in [0, 0.05) is 55.0 Å². The van der Waals surface area contributed by atoms with Gasteiger partial charge in [0.25, 0.3) is 0 Å². The number of benzene rings is 7. The summed E-state index contributed by atoms with van der Waals surface area (Å²) < 4.78 is 138. The van der Waals surface area contributed by atoms with Crippen LogP contribution in [0.25, 0.3) is 83.9 Å². The van der Waals surface area contributed by atoms with E-state index in [9.17, 15) is 5.11 Å². The summed E-state index contributed by atoms with van der Waals surface area (Å²) in [7, 11) is 0. The van der Waals surface area contributed by atoms with Gasteiger partial charge in [-0.2, -0.15) is 0 Å². The molecule has 0 unspecified atom stereocenters. The van der Waals surface area contributed by atoms with E-state index in [1.54, 1.807) is 25.1 Å². The van der Waals surface area contributed by atoms with Gasteiger partial charge < -0.3 is 5.11 Å². The summed E-state index contributed by atoms with van der Waals surface area (Å²) >= 11 is 0. The average Bonchev–Trinajstić information content (AvgIpc) is 3.06. The van der Waals surface area contributed by atoms with Crippen LogP contribution in [0.1, 0.15) is 91.1 Å². The first kappa shape index (κ1) is 28.4. The van der Waals surface area contributed by atoms with Gasteiger partial charge in [-0.15, -0.1) is 23.8 Å². The van der Waals surface area contributed by atoms with E-state index in [1.807, 2.05) is 109 Å². The Morgan fingerprint density at radius 1 is 0.609 bits per heavy atom. The monoisotopic (exact) mass is 1030 g/mol. The molecule has 0 fully saturated rings. The molecule has 1 N–H and O–H groups in total. The third-order valence-electron chi connectivity index (χ3n) is 11.3. The molecular weight excluding hydrogens is 962 g/mol. The molecule has 0 bridgehead atoms. The molecule has 0 atom stereocenters. The molecule has 0 aliphatic rings. The Labute approximate surface area is 415 Å². The zero-order chi connectivity index (χ0) is 57.7. The first-order valence-electron chi connectivity index (χ1n) is 28.5. The smallest absolute Gasteiger partial charge is 0.148 e. The predicted octanol–water partition coefficient (Wildman–Crippen LogP) is 15.4. The molecule has 0 aliphatic carbocycles. The second kappa shape index (κ2) is 17.3. The van der Waals surface area contributed by atoms with E-state index in [-0.39, 0.29) is 54.6 Å². The number of fused-ring (bicyclic) bond motifs is 1. The Kier molecular flexibility index (Phi) is 7.70. The minimum absolute atomic E-state index is 0. The normalized spacial score (nSPS) is 16.2. The number of phenols is 1. The number of para-hydroxylation sites is 1. The number of phenolic OH excluding ortho intramolecular Hbond substituents is 1. The van der Waals surface area contributed by atoms with Crippen molar-refractivity contribution in [3.05, 3.63) is 192 Å². The van der Waals surface area contributed by atoms with E-state index < -0.39 is 62.6 Å². The maximum atomic E-state index is 11.9. The Morgan fingerprint density at radius 3 is 2.06 bits per heavy atom. The largest absolute Gasteiger partial charge is 0.507 e. The summed E-state index contributed by atoms with van der Waals surface area (Å²) in [6, 6.07) is 38.1. The second-order valence-corrected chi connectivity index (χ2v) is 17.0. The van der Waals surface area contributed by atoms with Gasteiger partial charge in [0.1, 0.15) is 11.6 Å². The van der Waals surface area contributed by atoms with E-state index in [2.05, 4.69) is 31.8 Å². The van der Waals surface area contributed by atoms with Crippen molar-refractivity contribution in [2.45, 2.75) is 72.9 Å². The van der Waals surface area contributed by atoms with E-state index in [1.165, 1.54) is 18.3 Å². The third-order valence-corrected chi connectivity index (χ3v) is 11.3. The summed E-state index contributed by atoms with van der Waals surface area (Å²) in [6.45, 7) is -3.87. The molecule has 0 aliphatic heterocycles. The summed E-state index contributed by atoms with van der Waals surface area (Å²) in [6.07, 6.45) is 1.38. The van der Waals surface area contributed by atoms with Crippen molar-refractivity contribution in [3.63, 3.8) is 0 Å². The fraction of sp³-hybridized carbons (Fsp3) is 0.186. The van der Waals surface area contributed by atoms with Gasteiger partial charge >= 0.3 is 0 Å². The average molecular weight is 1030 g/mol. The van der Waals surface area contributed by atoms with Gasteiger partial charge in [0.15, 0.2) is 0 Å². The minimum atomic E-state index is -3.84. The van der Waals surface area contributed by atoms with Crippen LogP contribution in [0.15, 0.2) is 158 Å². The van der Waals surface area contributed by atoms with Crippen LogP contribution < -0.4 is 0 Å². The molecule has 9 rings (SSSR count). The first-order chi connectivity index (χ1) is 36.8. The number of imidazole rings is 1. The van der Waals surface area contributed by atoms with E-state index >= 15 is 0 Å². The molecule has 2 heterocycles. The molecule has 0 amide bonds. The van der Waals surface area contributed by atoms with Crippen LogP contribution in [0.5, 0.6) is 5.75 Å². The van der Waals surface area contributed by atoms with Crippen molar-refractivity contribution < 1.29 is 48.1 Å². The Bertz CT molecular complexity index is 3790. The van der Waals surface area contributed by atoms with Gasteiger partial charge in [0.2, 0.25) is 0 Å². The van der Waals surface area contributed by atoms with Crippen molar-refractivity contribution in [2.75, 3.05) is 0 Å². The number of pyridine rings is 1. The zero-order valence-corrected chi connectivity index (χ0v) is 38.1. The maximum absolute atomic E-state index is 11.9. The molecule has 0 radical (unpaired) electrons. The Hall–Kier alpha value is -6.35. The van der Waals surface area contributed by atoms with E-state index in [4.69, 9.17) is 26.9 Å². The molecular formula is C59H54N3OPt-. The fourth-order valence-electron chi connectivity index (χ4n) is 8.01. The first-order valence-corrected chi connectivity index (χ1v) is 20.5. The van der Waals surface area contributed by atoms with Crippen molar-refractivity contribution >= 4 is 11.0 Å². The summed E-state index contributed by atoms with van der Waals surface area (Å²) in [5.74, 6) is 0.377. The number of hydrogen-bond acceptors (Lipinski definition) is 3. The van der Waals surface area contributed by atoms with Gasteiger partial charge in [-0.1, -0.05) is 173 Å². The number of aromatic nitrogens is 3. The molecule has 4 nitrogen and oxygen atoms in total.